The lowest BCUT2D eigenvalue weighted by Crippen LogP contribution is -2.16. The number of hydrogen-bond acceptors (Lipinski definition) is 2. The van der Waals surface area contributed by atoms with E-state index in [1.54, 1.807) is 6.20 Å². The van der Waals surface area contributed by atoms with Gasteiger partial charge in [0.15, 0.2) is 0 Å². The predicted molar refractivity (Wildman–Crippen MR) is 84.8 cm³/mol. The molecule has 1 aromatic rings. The van der Waals surface area contributed by atoms with E-state index >= 15 is 0 Å². The molecule has 1 aliphatic rings. The van der Waals surface area contributed by atoms with Crippen LogP contribution in [0.2, 0.25) is 0 Å². The van der Waals surface area contributed by atoms with Crippen molar-refractivity contribution in [3.8, 4) is 0 Å². The van der Waals surface area contributed by atoms with E-state index in [1.807, 2.05) is 0 Å². The largest absolute Gasteiger partial charge is 0.241 e. The molecule has 21 heavy (non-hydrogen) atoms. The van der Waals surface area contributed by atoms with Crippen LogP contribution in [-0.2, 0) is 6.42 Å². The topological polar surface area (TPSA) is 25.8 Å². The van der Waals surface area contributed by atoms with Crippen LogP contribution in [0.5, 0.6) is 0 Å². The minimum Gasteiger partial charge on any atom is -0.241 e. The van der Waals surface area contributed by atoms with Crippen molar-refractivity contribution in [1.82, 2.24) is 9.97 Å². The maximum atomic E-state index is 14.1. The number of halogens is 1. The Balaban J connectivity index is 1.91. The summed E-state index contributed by atoms with van der Waals surface area (Å²) in [5.74, 6) is 1.69. The van der Waals surface area contributed by atoms with Gasteiger partial charge in [-0.3, -0.25) is 0 Å². The van der Waals surface area contributed by atoms with Gasteiger partial charge in [-0.1, -0.05) is 39.5 Å². The average molecular weight is 292 g/mol. The lowest BCUT2D eigenvalue weighted by Gasteiger charge is -2.27. The maximum absolute atomic E-state index is 14.1. The summed E-state index contributed by atoms with van der Waals surface area (Å²) in [7, 11) is 0. The lowest BCUT2D eigenvalue weighted by atomic mass is 9.80. The molecule has 0 spiro atoms. The number of hydrogen-bond donors (Lipinski definition) is 0. The van der Waals surface area contributed by atoms with Crippen molar-refractivity contribution < 1.29 is 4.39 Å². The zero-order valence-electron chi connectivity index (χ0n) is 13.6. The summed E-state index contributed by atoms with van der Waals surface area (Å²) < 4.78 is 14.1. The van der Waals surface area contributed by atoms with E-state index in [1.165, 1.54) is 25.7 Å². The summed E-state index contributed by atoms with van der Waals surface area (Å²) >= 11 is 0. The molecule has 3 heteroatoms. The van der Waals surface area contributed by atoms with E-state index in [2.05, 4.69) is 23.8 Å². The van der Waals surface area contributed by atoms with Gasteiger partial charge >= 0.3 is 0 Å². The molecule has 0 aliphatic heterocycles. The molecule has 0 saturated heterocycles. The van der Waals surface area contributed by atoms with Gasteiger partial charge in [-0.25, -0.2) is 9.97 Å². The van der Waals surface area contributed by atoms with E-state index in [-0.39, 0.29) is 5.95 Å². The fraction of sp³-hybridized carbons (Fsp3) is 0.778. The standard InChI is InChI=1S/C18H29FN2/c1-3-5-6-8-16-13-20-18(21-17(16)19)15-11-9-14(7-4-2)10-12-15/h13-15H,3-12H2,1-2H3/t14-,15-. The molecule has 0 amide bonds. The SMILES string of the molecule is CCCCCc1cnc([C@H]2CC[C@H](CCC)CC2)nc1F. The van der Waals surface area contributed by atoms with Crippen molar-refractivity contribution in [2.24, 2.45) is 5.92 Å². The van der Waals surface area contributed by atoms with Crippen LogP contribution in [0.3, 0.4) is 0 Å². The molecule has 2 nitrogen and oxygen atoms in total. The van der Waals surface area contributed by atoms with Crippen molar-refractivity contribution in [3.05, 3.63) is 23.5 Å². The van der Waals surface area contributed by atoms with E-state index in [0.717, 1.165) is 50.3 Å². The molecule has 2 rings (SSSR count). The third-order valence-corrected chi connectivity index (χ3v) is 4.79. The van der Waals surface area contributed by atoms with Gasteiger partial charge < -0.3 is 0 Å². The van der Waals surface area contributed by atoms with E-state index in [4.69, 9.17) is 0 Å². The van der Waals surface area contributed by atoms with Crippen LogP contribution >= 0.6 is 0 Å². The van der Waals surface area contributed by atoms with Crippen molar-refractivity contribution in [2.45, 2.75) is 84.0 Å². The molecule has 0 bridgehead atoms. The molecule has 0 N–H and O–H groups in total. The Morgan fingerprint density at radius 3 is 2.48 bits per heavy atom. The summed E-state index contributed by atoms with van der Waals surface area (Å²) in [6.07, 6.45) is 13.2. The molecule has 1 aromatic heterocycles. The Morgan fingerprint density at radius 1 is 1.10 bits per heavy atom. The van der Waals surface area contributed by atoms with Gasteiger partial charge in [-0.05, 0) is 44.4 Å². The number of rotatable bonds is 7. The van der Waals surface area contributed by atoms with E-state index < -0.39 is 0 Å². The Hall–Kier alpha value is -0.990. The van der Waals surface area contributed by atoms with Crippen LogP contribution in [-0.4, -0.2) is 9.97 Å². The number of unbranched alkanes of at least 4 members (excludes halogenated alkanes) is 2. The highest BCUT2D eigenvalue weighted by molar-refractivity contribution is 5.10. The van der Waals surface area contributed by atoms with Gasteiger partial charge in [0.2, 0.25) is 5.95 Å². The van der Waals surface area contributed by atoms with Gasteiger partial charge in [-0.2, -0.15) is 4.39 Å². The molecule has 0 aromatic carbocycles. The molecular weight excluding hydrogens is 263 g/mol. The Bertz CT molecular complexity index is 425. The highest BCUT2D eigenvalue weighted by Crippen LogP contribution is 2.36. The smallest absolute Gasteiger partial charge is 0.219 e. The third kappa shape index (κ3) is 4.76. The molecule has 0 unspecified atom stereocenters. The minimum atomic E-state index is -0.285. The molecule has 1 fully saturated rings. The van der Waals surface area contributed by atoms with E-state index in [9.17, 15) is 4.39 Å². The summed E-state index contributed by atoms with van der Waals surface area (Å²) in [5, 5.41) is 0. The van der Waals surface area contributed by atoms with Crippen LogP contribution in [0.4, 0.5) is 4.39 Å². The Morgan fingerprint density at radius 2 is 1.86 bits per heavy atom. The Kier molecular flexibility index (Phi) is 6.59. The normalized spacial score (nSPS) is 22.4. The summed E-state index contributed by atoms with van der Waals surface area (Å²) in [5.41, 5.74) is 0.687. The zero-order valence-corrected chi connectivity index (χ0v) is 13.6. The van der Waals surface area contributed by atoms with Gasteiger partial charge in [-0.15, -0.1) is 0 Å². The van der Waals surface area contributed by atoms with E-state index in [0.29, 0.717) is 11.5 Å². The number of aryl methyl sites for hydroxylation is 1. The fourth-order valence-electron chi connectivity index (χ4n) is 3.45. The highest BCUT2D eigenvalue weighted by atomic mass is 19.1. The monoisotopic (exact) mass is 292 g/mol. The predicted octanol–water partition coefficient (Wildman–Crippen LogP) is 5.42. The van der Waals surface area contributed by atoms with Crippen LogP contribution in [0.1, 0.15) is 88.9 Å². The average Bonchev–Trinajstić information content (AvgIpc) is 2.50. The number of aromatic nitrogens is 2. The molecule has 1 saturated carbocycles. The van der Waals surface area contributed by atoms with Crippen LogP contribution in [0, 0.1) is 11.9 Å². The summed E-state index contributed by atoms with van der Waals surface area (Å²) in [4.78, 5) is 8.63. The molecule has 1 heterocycles. The second-order valence-electron chi connectivity index (χ2n) is 6.51. The molecule has 1 aliphatic carbocycles. The first-order valence-electron chi connectivity index (χ1n) is 8.75. The van der Waals surface area contributed by atoms with Gasteiger partial charge in [0.05, 0.1) is 0 Å². The second kappa shape index (κ2) is 8.45. The van der Waals surface area contributed by atoms with Crippen molar-refractivity contribution >= 4 is 0 Å². The number of nitrogens with zero attached hydrogens (tertiary/aromatic N) is 2. The van der Waals surface area contributed by atoms with Crippen LogP contribution < -0.4 is 0 Å². The molecule has 0 atom stereocenters. The van der Waals surface area contributed by atoms with Crippen molar-refractivity contribution in [1.29, 1.82) is 0 Å². The highest BCUT2D eigenvalue weighted by Gasteiger charge is 2.24. The van der Waals surface area contributed by atoms with Gasteiger partial charge in [0.1, 0.15) is 5.82 Å². The first-order valence-corrected chi connectivity index (χ1v) is 8.75. The van der Waals surface area contributed by atoms with Crippen LogP contribution in [0.15, 0.2) is 6.20 Å². The fourth-order valence-corrected chi connectivity index (χ4v) is 3.45. The summed E-state index contributed by atoms with van der Waals surface area (Å²) in [6.45, 7) is 4.41. The Labute approximate surface area is 128 Å². The van der Waals surface area contributed by atoms with Crippen molar-refractivity contribution in [2.75, 3.05) is 0 Å². The molecular formula is C18H29FN2. The van der Waals surface area contributed by atoms with Gasteiger partial charge in [0.25, 0.3) is 0 Å². The second-order valence-corrected chi connectivity index (χ2v) is 6.51. The molecule has 0 radical (unpaired) electrons. The third-order valence-electron chi connectivity index (χ3n) is 4.79. The zero-order chi connectivity index (χ0) is 15.1. The minimum absolute atomic E-state index is 0.285. The van der Waals surface area contributed by atoms with Gasteiger partial charge in [0, 0.05) is 17.7 Å². The lowest BCUT2D eigenvalue weighted by molar-refractivity contribution is 0.300. The maximum Gasteiger partial charge on any atom is 0.219 e. The summed E-state index contributed by atoms with van der Waals surface area (Å²) in [6, 6.07) is 0. The first-order chi connectivity index (χ1) is 10.2. The van der Waals surface area contributed by atoms with Crippen molar-refractivity contribution in [3.63, 3.8) is 0 Å². The molecule has 118 valence electrons. The quantitative estimate of drug-likeness (QED) is 0.495. The first kappa shape index (κ1) is 16.4. The van der Waals surface area contributed by atoms with Crippen LogP contribution in [0.25, 0.3) is 0 Å².